The SMILES string of the molecule is CCOC(=O)C1=C(c2ccccc2)Nc2ncnn2[C@H]1c1ccc(OCc2ccc(Cl)c(Cl)c2)c(OCC)c1. The Balaban J connectivity index is 1.57. The number of anilines is 1. The van der Waals surface area contributed by atoms with Crippen molar-refractivity contribution in [2.45, 2.75) is 26.5 Å². The van der Waals surface area contributed by atoms with Crippen molar-refractivity contribution in [3.8, 4) is 11.5 Å². The minimum absolute atomic E-state index is 0.229. The molecule has 1 aliphatic heterocycles. The van der Waals surface area contributed by atoms with Crippen molar-refractivity contribution in [3.05, 3.63) is 105 Å². The second-order valence-corrected chi connectivity index (χ2v) is 9.42. The number of hydrogen-bond acceptors (Lipinski definition) is 7. The molecule has 0 amide bonds. The third-order valence-corrected chi connectivity index (χ3v) is 6.86. The summed E-state index contributed by atoms with van der Waals surface area (Å²) in [6.45, 7) is 4.59. The van der Waals surface area contributed by atoms with Gasteiger partial charge in [-0.2, -0.15) is 10.1 Å². The molecule has 0 bridgehead atoms. The lowest BCUT2D eigenvalue weighted by Gasteiger charge is -2.30. The van der Waals surface area contributed by atoms with Crippen LogP contribution in [0, 0.1) is 0 Å². The van der Waals surface area contributed by atoms with Crippen LogP contribution in [0.2, 0.25) is 10.0 Å². The molecule has 10 heteroatoms. The third kappa shape index (κ3) is 5.57. The number of rotatable bonds is 9. The Bertz CT molecular complexity index is 1520. The summed E-state index contributed by atoms with van der Waals surface area (Å²) < 4.78 is 19.2. The number of nitrogens with one attached hydrogen (secondary N) is 1. The molecular weight excluding hydrogens is 539 g/mol. The lowest BCUT2D eigenvalue weighted by Crippen LogP contribution is -2.30. The first-order valence-electron chi connectivity index (χ1n) is 12.5. The fourth-order valence-corrected chi connectivity index (χ4v) is 4.72. The van der Waals surface area contributed by atoms with E-state index in [1.54, 1.807) is 23.7 Å². The Hall–Kier alpha value is -4.01. The van der Waals surface area contributed by atoms with Crippen LogP contribution in [0.1, 0.15) is 36.6 Å². The van der Waals surface area contributed by atoms with Crippen LogP contribution in [0.3, 0.4) is 0 Å². The zero-order valence-electron chi connectivity index (χ0n) is 21.4. The molecule has 0 radical (unpaired) electrons. The summed E-state index contributed by atoms with van der Waals surface area (Å²) in [6, 6.07) is 19.9. The Labute approximate surface area is 236 Å². The molecule has 0 aliphatic carbocycles. The Kier molecular flexibility index (Phi) is 8.05. The molecule has 200 valence electrons. The molecular formula is C29H26Cl2N4O4. The van der Waals surface area contributed by atoms with Crippen LogP contribution in [0.5, 0.6) is 11.5 Å². The first-order valence-corrected chi connectivity index (χ1v) is 13.2. The highest BCUT2D eigenvalue weighted by atomic mass is 35.5. The van der Waals surface area contributed by atoms with Gasteiger partial charge in [0.1, 0.15) is 19.0 Å². The lowest BCUT2D eigenvalue weighted by molar-refractivity contribution is -0.138. The molecule has 0 saturated carbocycles. The van der Waals surface area contributed by atoms with Crippen LogP contribution in [0.15, 0.2) is 78.6 Å². The number of aromatic nitrogens is 3. The molecule has 8 nitrogen and oxygen atoms in total. The fourth-order valence-electron chi connectivity index (χ4n) is 4.40. The minimum Gasteiger partial charge on any atom is -0.490 e. The van der Waals surface area contributed by atoms with Crippen molar-refractivity contribution in [3.63, 3.8) is 0 Å². The number of halogens is 2. The molecule has 3 aromatic carbocycles. The standard InChI is InChI=1S/C29H26Cl2N4O4/c1-3-37-24-15-20(11-13-23(24)39-16-18-10-12-21(30)22(31)14-18)27-25(28(36)38-4-2)26(19-8-6-5-7-9-19)34-29-32-17-33-35(27)29/h5-15,17,27H,3-4,16H2,1-2H3,(H,32,33,34)/t27-/m0/s1. The second kappa shape index (κ2) is 11.8. The summed E-state index contributed by atoms with van der Waals surface area (Å²) in [4.78, 5) is 17.8. The monoisotopic (exact) mass is 564 g/mol. The topological polar surface area (TPSA) is 87.5 Å². The van der Waals surface area contributed by atoms with E-state index in [0.717, 1.165) is 16.7 Å². The van der Waals surface area contributed by atoms with E-state index in [4.69, 9.17) is 37.4 Å². The van der Waals surface area contributed by atoms with Crippen LogP contribution in [0.4, 0.5) is 5.95 Å². The van der Waals surface area contributed by atoms with Gasteiger partial charge in [0.05, 0.1) is 34.5 Å². The van der Waals surface area contributed by atoms with E-state index in [-0.39, 0.29) is 13.2 Å². The van der Waals surface area contributed by atoms with Gasteiger partial charge >= 0.3 is 5.97 Å². The number of benzene rings is 3. The molecule has 0 fully saturated rings. The molecule has 0 unspecified atom stereocenters. The van der Waals surface area contributed by atoms with Gasteiger partial charge in [0.15, 0.2) is 11.5 Å². The fraction of sp³-hybridized carbons (Fsp3) is 0.207. The van der Waals surface area contributed by atoms with Crippen molar-refractivity contribution >= 4 is 40.8 Å². The maximum atomic E-state index is 13.4. The van der Waals surface area contributed by atoms with Gasteiger partial charge in [0.25, 0.3) is 0 Å². The van der Waals surface area contributed by atoms with Gasteiger partial charge in [0, 0.05) is 0 Å². The highest BCUT2D eigenvalue weighted by Gasteiger charge is 2.36. The normalized spacial score (nSPS) is 14.4. The molecule has 39 heavy (non-hydrogen) atoms. The first-order chi connectivity index (χ1) is 19.0. The predicted octanol–water partition coefficient (Wildman–Crippen LogP) is 6.55. The number of hydrogen-bond donors (Lipinski definition) is 1. The first kappa shape index (κ1) is 26.6. The Morgan fingerprint density at radius 3 is 2.51 bits per heavy atom. The Morgan fingerprint density at radius 1 is 0.949 bits per heavy atom. The number of carbonyl (C=O) groups excluding carboxylic acids is 1. The molecule has 1 aromatic heterocycles. The Morgan fingerprint density at radius 2 is 1.77 bits per heavy atom. The summed E-state index contributed by atoms with van der Waals surface area (Å²) >= 11 is 12.2. The smallest absolute Gasteiger partial charge is 0.338 e. The molecule has 5 rings (SSSR count). The third-order valence-electron chi connectivity index (χ3n) is 6.12. The molecule has 1 atom stereocenters. The minimum atomic E-state index is -0.624. The van der Waals surface area contributed by atoms with Crippen LogP contribution in [-0.2, 0) is 16.1 Å². The summed E-state index contributed by atoms with van der Waals surface area (Å²) in [5, 5.41) is 8.64. The summed E-state index contributed by atoms with van der Waals surface area (Å²) in [5.41, 5.74) is 3.46. The number of nitrogens with zero attached hydrogens (tertiary/aromatic N) is 3. The zero-order chi connectivity index (χ0) is 27.4. The van der Waals surface area contributed by atoms with Crippen molar-refractivity contribution in [2.75, 3.05) is 18.5 Å². The molecule has 4 aromatic rings. The van der Waals surface area contributed by atoms with Gasteiger partial charge in [-0.3, -0.25) is 0 Å². The maximum Gasteiger partial charge on any atom is 0.338 e. The van der Waals surface area contributed by atoms with E-state index in [2.05, 4.69) is 15.4 Å². The van der Waals surface area contributed by atoms with E-state index in [0.29, 0.717) is 45.4 Å². The number of fused-ring (bicyclic) bond motifs is 1. The van der Waals surface area contributed by atoms with E-state index >= 15 is 0 Å². The molecule has 1 aliphatic rings. The quantitative estimate of drug-likeness (QED) is 0.230. The van der Waals surface area contributed by atoms with E-state index in [9.17, 15) is 4.79 Å². The lowest BCUT2D eigenvalue weighted by atomic mass is 9.92. The van der Waals surface area contributed by atoms with Gasteiger partial charge in [-0.05, 0) is 54.8 Å². The van der Waals surface area contributed by atoms with Crippen molar-refractivity contribution in [1.29, 1.82) is 0 Å². The van der Waals surface area contributed by atoms with Crippen LogP contribution < -0.4 is 14.8 Å². The molecule has 0 saturated heterocycles. The van der Waals surface area contributed by atoms with Crippen LogP contribution in [0.25, 0.3) is 5.70 Å². The highest BCUT2D eigenvalue weighted by Crippen LogP contribution is 2.41. The van der Waals surface area contributed by atoms with Gasteiger partial charge in [-0.15, -0.1) is 0 Å². The molecule has 0 spiro atoms. The highest BCUT2D eigenvalue weighted by molar-refractivity contribution is 6.42. The van der Waals surface area contributed by atoms with E-state index in [1.807, 2.05) is 61.5 Å². The second-order valence-electron chi connectivity index (χ2n) is 8.61. The summed E-state index contributed by atoms with van der Waals surface area (Å²) in [5.74, 6) is 1.13. The average Bonchev–Trinajstić information content (AvgIpc) is 3.42. The van der Waals surface area contributed by atoms with E-state index < -0.39 is 12.0 Å². The predicted molar refractivity (Wildman–Crippen MR) is 150 cm³/mol. The van der Waals surface area contributed by atoms with E-state index in [1.165, 1.54) is 6.33 Å². The number of ether oxygens (including phenoxy) is 3. The number of esters is 1. The average molecular weight is 565 g/mol. The summed E-state index contributed by atoms with van der Waals surface area (Å²) in [6.07, 6.45) is 1.45. The van der Waals surface area contributed by atoms with Crippen molar-refractivity contribution < 1.29 is 19.0 Å². The zero-order valence-corrected chi connectivity index (χ0v) is 22.9. The van der Waals surface area contributed by atoms with Crippen LogP contribution >= 0.6 is 23.2 Å². The summed E-state index contributed by atoms with van der Waals surface area (Å²) in [7, 11) is 0. The van der Waals surface area contributed by atoms with Gasteiger partial charge in [0.2, 0.25) is 5.95 Å². The molecule has 2 heterocycles. The van der Waals surface area contributed by atoms with Gasteiger partial charge < -0.3 is 19.5 Å². The van der Waals surface area contributed by atoms with Crippen LogP contribution in [-0.4, -0.2) is 33.9 Å². The van der Waals surface area contributed by atoms with Crippen molar-refractivity contribution in [1.82, 2.24) is 14.8 Å². The molecule has 1 N–H and O–H groups in total. The van der Waals surface area contributed by atoms with Gasteiger partial charge in [-0.1, -0.05) is 65.7 Å². The van der Waals surface area contributed by atoms with Crippen molar-refractivity contribution in [2.24, 2.45) is 0 Å². The number of carbonyl (C=O) groups is 1. The maximum absolute atomic E-state index is 13.4. The largest absolute Gasteiger partial charge is 0.490 e. The van der Waals surface area contributed by atoms with Gasteiger partial charge in [-0.25, -0.2) is 9.48 Å².